The highest BCUT2D eigenvalue weighted by Gasteiger charge is 2.09. The zero-order chi connectivity index (χ0) is 15.4. The highest BCUT2D eigenvalue weighted by atomic mass is 16.5. The molecule has 0 atom stereocenters. The molecule has 0 radical (unpaired) electrons. The molecule has 2 aromatic carbocycles. The van der Waals surface area contributed by atoms with E-state index in [9.17, 15) is 4.79 Å². The van der Waals surface area contributed by atoms with Gasteiger partial charge in [-0.25, -0.2) is 0 Å². The summed E-state index contributed by atoms with van der Waals surface area (Å²) in [5, 5.41) is 0. The van der Waals surface area contributed by atoms with E-state index >= 15 is 0 Å². The summed E-state index contributed by atoms with van der Waals surface area (Å²) >= 11 is 0. The maximum Gasteiger partial charge on any atom is 0.200 e. The Morgan fingerprint density at radius 2 is 1.71 bits per heavy atom. The van der Waals surface area contributed by atoms with Crippen molar-refractivity contribution >= 4 is 5.78 Å². The molecule has 110 valence electrons. The summed E-state index contributed by atoms with van der Waals surface area (Å²) in [4.78, 5) is 12.2. The van der Waals surface area contributed by atoms with Crippen LogP contribution >= 0.6 is 0 Å². The molecule has 0 fully saturated rings. The highest BCUT2D eigenvalue weighted by Crippen LogP contribution is 2.20. The van der Waals surface area contributed by atoms with E-state index in [0.717, 1.165) is 16.9 Å². The van der Waals surface area contributed by atoms with Crippen LogP contribution in [0.4, 0.5) is 0 Å². The molecule has 2 rings (SSSR count). The standard InChI is InChI=1S/C19H22O2/c1-13(2)16-7-9-17(10-8-16)18(20)12-21-19-11-14(3)5-6-15(19)4/h5-11,13H,12H2,1-4H3. The number of ether oxygens (including phenoxy) is 1. The third kappa shape index (κ3) is 3.94. The zero-order valence-electron chi connectivity index (χ0n) is 13.1. The minimum atomic E-state index is 0.00575. The quantitative estimate of drug-likeness (QED) is 0.744. The van der Waals surface area contributed by atoms with Crippen molar-refractivity contribution in [3.63, 3.8) is 0 Å². The van der Waals surface area contributed by atoms with E-state index < -0.39 is 0 Å². The van der Waals surface area contributed by atoms with Crippen LogP contribution in [-0.4, -0.2) is 12.4 Å². The van der Waals surface area contributed by atoms with E-state index in [0.29, 0.717) is 11.5 Å². The molecule has 0 amide bonds. The first kappa shape index (κ1) is 15.3. The minimum Gasteiger partial charge on any atom is -0.485 e. The van der Waals surface area contributed by atoms with Gasteiger partial charge in [-0.3, -0.25) is 4.79 Å². The second-order valence-corrected chi connectivity index (χ2v) is 5.76. The lowest BCUT2D eigenvalue weighted by atomic mass is 10.0. The molecule has 0 aliphatic heterocycles. The van der Waals surface area contributed by atoms with Gasteiger partial charge in [-0.1, -0.05) is 50.2 Å². The van der Waals surface area contributed by atoms with E-state index in [1.165, 1.54) is 5.56 Å². The van der Waals surface area contributed by atoms with Crippen molar-refractivity contribution in [2.45, 2.75) is 33.6 Å². The summed E-state index contributed by atoms with van der Waals surface area (Å²) in [6.07, 6.45) is 0. The highest BCUT2D eigenvalue weighted by molar-refractivity contribution is 5.97. The average molecular weight is 282 g/mol. The van der Waals surface area contributed by atoms with Crippen LogP contribution in [0.2, 0.25) is 0 Å². The lowest BCUT2D eigenvalue weighted by molar-refractivity contribution is 0.0921. The summed E-state index contributed by atoms with van der Waals surface area (Å²) in [6, 6.07) is 13.8. The molecule has 0 bridgehead atoms. The van der Waals surface area contributed by atoms with Crippen LogP contribution in [0.15, 0.2) is 42.5 Å². The molecule has 0 aliphatic rings. The molecule has 21 heavy (non-hydrogen) atoms. The number of Topliss-reactive ketones (excluding diaryl/α,β-unsaturated/α-hetero) is 1. The smallest absolute Gasteiger partial charge is 0.200 e. The van der Waals surface area contributed by atoms with Crippen molar-refractivity contribution in [2.24, 2.45) is 0 Å². The lowest BCUT2D eigenvalue weighted by Gasteiger charge is -2.10. The molecule has 0 spiro atoms. The summed E-state index contributed by atoms with van der Waals surface area (Å²) in [5.41, 5.74) is 4.11. The van der Waals surface area contributed by atoms with E-state index in [4.69, 9.17) is 4.74 Å². The first-order valence-corrected chi connectivity index (χ1v) is 7.30. The number of carbonyl (C=O) groups is 1. The van der Waals surface area contributed by atoms with Crippen LogP contribution < -0.4 is 4.74 Å². The maximum atomic E-state index is 12.2. The Balaban J connectivity index is 2.03. The van der Waals surface area contributed by atoms with E-state index in [1.807, 2.05) is 56.3 Å². The second-order valence-electron chi connectivity index (χ2n) is 5.76. The van der Waals surface area contributed by atoms with Gasteiger partial charge in [0.15, 0.2) is 12.4 Å². The average Bonchev–Trinajstić information content (AvgIpc) is 2.48. The minimum absolute atomic E-state index is 0.00575. The van der Waals surface area contributed by atoms with Gasteiger partial charge in [0.1, 0.15) is 5.75 Å². The van der Waals surface area contributed by atoms with Crippen molar-refractivity contribution in [1.29, 1.82) is 0 Å². The predicted octanol–water partition coefficient (Wildman–Crippen LogP) is 4.69. The second kappa shape index (κ2) is 6.57. The molecular formula is C19H22O2. The van der Waals surface area contributed by atoms with Crippen molar-refractivity contribution in [3.8, 4) is 5.75 Å². The molecule has 2 heteroatoms. The molecule has 2 nitrogen and oxygen atoms in total. The number of hydrogen-bond donors (Lipinski definition) is 0. The number of aryl methyl sites for hydroxylation is 2. The Labute approximate surface area is 126 Å². The predicted molar refractivity (Wildman–Crippen MR) is 86.3 cm³/mol. The van der Waals surface area contributed by atoms with Crippen molar-refractivity contribution in [2.75, 3.05) is 6.61 Å². The summed E-state index contributed by atoms with van der Waals surface area (Å²) in [7, 11) is 0. The number of ketones is 1. The third-order valence-electron chi connectivity index (χ3n) is 3.60. The van der Waals surface area contributed by atoms with Crippen LogP contribution in [0, 0.1) is 13.8 Å². The van der Waals surface area contributed by atoms with Gasteiger partial charge in [-0.2, -0.15) is 0 Å². The van der Waals surface area contributed by atoms with Crippen LogP contribution in [0.25, 0.3) is 0 Å². The maximum absolute atomic E-state index is 12.2. The van der Waals surface area contributed by atoms with Gasteiger partial charge in [0.05, 0.1) is 0 Å². The molecule has 2 aromatic rings. The number of benzene rings is 2. The Kier molecular flexibility index (Phi) is 4.79. The molecule has 0 aromatic heterocycles. The van der Waals surface area contributed by atoms with Gasteiger partial charge in [0.2, 0.25) is 0 Å². The van der Waals surface area contributed by atoms with Gasteiger partial charge in [-0.15, -0.1) is 0 Å². The third-order valence-corrected chi connectivity index (χ3v) is 3.60. The normalized spacial score (nSPS) is 10.7. The Morgan fingerprint density at radius 1 is 1.05 bits per heavy atom. The fraction of sp³-hybridized carbons (Fsp3) is 0.316. The Morgan fingerprint density at radius 3 is 2.33 bits per heavy atom. The first-order chi connectivity index (χ1) is 9.97. The van der Waals surface area contributed by atoms with E-state index in [1.54, 1.807) is 0 Å². The first-order valence-electron chi connectivity index (χ1n) is 7.30. The molecule has 0 saturated heterocycles. The zero-order valence-corrected chi connectivity index (χ0v) is 13.1. The Hall–Kier alpha value is -2.09. The molecule has 0 N–H and O–H groups in total. The van der Waals surface area contributed by atoms with E-state index in [-0.39, 0.29) is 12.4 Å². The lowest BCUT2D eigenvalue weighted by Crippen LogP contribution is -2.12. The SMILES string of the molecule is Cc1ccc(C)c(OCC(=O)c2ccc(C(C)C)cc2)c1. The summed E-state index contributed by atoms with van der Waals surface area (Å²) in [5.74, 6) is 1.26. The fourth-order valence-corrected chi connectivity index (χ4v) is 2.14. The summed E-state index contributed by atoms with van der Waals surface area (Å²) < 4.78 is 5.66. The van der Waals surface area contributed by atoms with Crippen molar-refractivity contribution in [3.05, 3.63) is 64.7 Å². The summed E-state index contributed by atoms with van der Waals surface area (Å²) in [6.45, 7) is 8.35. The van der Waals surface area contributed by atoms with Gasteiger partial charge in [-0.05, 0) is 42.5 Å². The number of carbonyl (C=O) groups excluding carboxylic acids is 1. The van der Waals surface area contributed by atoms with E-state index in [2.05, 4.69) is 13.8 Å². The van der Waals surface area contributed by atoms with Crippen LogP contribution in [-0.2, 0) is 0 Å². The largest absolute Gasteiger partial charge is 0.485 e. The number of rotatable bonds is 5. The fourth-order valence-electron chi connectivity index (χ4n) is 2.14. The molecule has 0 saturated carbocycles. The van der Waals surface area contributed by atoms with Gasteiger partial charge < -0.3 is 4.74 Å². The van der Waals surface area contributed by atoms with Gasteiger partial charge in [0, 0.05) is 5.56 Å². The van der Waals surface area contributed by atoms with Gasteiger partial charge in [0.25, 0.3) is 0 Å². The molecule has 0 unspecified atom stereocenters. The topological polar surface area (TPSA) is 26.3 Å². The molecule has 0 aliphatic carbocycles. The van der Waals surface area contributed by atoms with Crippen LogP contribution in [0.1, 0.15) is 46.8 Å². The monoisotopic (exact) mass is 282 g/mol. The van der Waals surface area contributed by atoms with Crippen molar-refractivity contribution in [1.82, 2.24) is 0 Å². The molecular weight excluding hydrogens is 260 g/mol. The van der Waals surface area contributed by atoms with Crippen molar-refractivity contribution < 1.29 is 9.53 Å². The van der Waals surface area contributed by atoms with Gasteiger partial charge >= 0.3 is 0 Å². The Bertz CT molecular complexity index is 625. The van der Waals surface area contributed by atoms with Crippen LogP contribution in [0.3, 0.4) is 0 Å². The number of hydrogen-bond acceptors (Lipinski definition) is 2. The molecule has 0 heterocycles. The van der Waals surface area contributed by atoms with Crippen LogP contribution in [0.5, 0.6) is 5.75 Å².